The van der Waals surface area contributed by atoms with Gasteiger partial charge in [-0.1, -0.05) is 19.1 Å². The Morgan fingerprint density at radius 3 is 2.94 bits per heavy atom. The summed E-state index contributed by atoms with van der Waals surface area (Å²) in [6.45, 7) is 6.78. The van der Waals surface area contributed by atoms with E-state index in [0.717, 1.165) is 18.0 Å². The van der Waals surface area contributed by atoms with Gasteiger partial charge in [-0.25, -0.2) is 0 Å². The van der Waals surface area contributed by atoms with Gasteiger partial charge in [0.15, 0.2) is 0 Å². The number of nitrogens with zero attached hydrogens (tertiary/aromatic N) is 2. The van der Waals surface area contributed by atoms with Gasteiger partial charge in [-0.2, -0.15) is 5.26 Å². The third kappa shape index (κ3) is 3.08. The summed E-state index contributed by atoms with van der Waals surface area (Å²) in [5, 5.41) is 8.90. The van der Waals surface area contributed by atoms with E-state index in [1.807, 2.05) is 18.2 Å². The Bertz CT molecular complexity index is 419. The van der Waals surface area contributed by atoms with E-state index in [1.54, 1.807) is 0 Å². The van der Waals surface area contributed by atoms with Crippen molar-refractivity contribution < 1.29 is 0 Å². The molecule has 1 aliphatic rings. The first-order valence-corrected chi connectivity index (χ1v) is 6.42. The van der Waals surface area contributed by atoms with E-state index in [0.29, 0.717) is 6.04 Å². The molecule has 0 aliphatic carbocycles. The van der Waals surface area contributed by atoms with Gasteiger partial charge in [-0.05, 0) is 43.4 Å². The van der Waals surface area contributed by atoms with Crippen LogP contribution in [0.2, 0.25) is 0 Å². The van der Waals surface area contributed by atoms with Gasteiger partial charge in [0, 0.05) is 19.1 Å². The first kappa shape index (κ1) is 12.1. The second-order valence-corrected chi connectivity index (χ2v) is 5.27. The standard InChI is InChI=1S/C15H20N2/c1-12-6-7-13(2)17(10-12)11-15-5-3-4-14(8-15)9-16/h3-5,8,12-13H,6-7,10-11H2,1-2H3. The minimum atomic E-state index is 0.664. The molecule has 2 heteroatoms. The summed E-state index contributed by atoms with van der Waals surface area (Å²) in [7, 11) is 0. The zero-order valence-corrected chi connectivity index (χ0v) is 10.7. The lowest BCUT2D eigenvalue weighted by molar-refractivity contribution is 0.117. The third-order valence-corrected chi connectivity index (χ3v) is 3.69. The zero-order chi connectivity index (χ0) is 12.3. The maximum Gasteiger partial charge on any atom is 0.0991 e. The predicted octanol–water partition coefficient (Wildman–Crippen LogP) is 3.18. The summed E-state index contributed by atoms with van der Waals surface area (Å²) in [6, 6.07) is 10.8. The average Bonchev–Trinajstić information content (AvgIpc) is 2.34. The lowest BCUT2D eigenvalue weighted by Gasteiger charge is -2.36. The molecule has 0 saturated carbocycles. The van der Waals surface area contributed by atoms with E-state index < -0.39 is 0 Å². The number of benzene rings is 1. The van der Waals surface area contributed by atoms with E-state index in [-0.39, 0.29) is 0 Å². The molecular weight excluding hydrogens is 208 g/mol. The third-order valence-electron chi connectivity index (χ3n) is 3.69. The fourth-order valence-electron chi connectivity index (χ4n) is 2.57. The number of rotatable bonds is 2. The van der Waals surface area contributed by atoms with E-state index in [4.69, 9.17) is 5.26 Å². The van der Waals surface area contributed by atoms with Crippen molar-refractivity contribution in [3.8, 4) is 6.07 Å². The fourth-order valence-corrected chi connectivity index (χ4v) is 2.57. The highest BCUT2D eigenvalue weighted by Gasteiger charge is 2.22. The summed E-state index contributed by atoms with van der Waals surface area (Å²) in [6.07, 6.45) is 2.63. The Labute approximate surface area is 104 Å². The van der Waals surface area contributed by atoms with Crippen LogP contribution < -0.4 is 0 Å². The lowest BCUT2D eigenvalue weighted by Crippen LogP contribution is -2.40. The maximum absolute atomic E-state index is 8.90. The highest BCUT2D eigenvalue weighted by Crippen LogP contribution is 2.23. The number of hydrogen-bond acceptors (Lipinski definition) is 2. The van der Waals surface area contributed by atoms with Crippen molar-refractivity contribution in [2.45, 2.75) is 39.3 Å². The first-order valence-electron chi connectivity index (χ1n) is 6.42. The molecule has 1 fully saturated rings. The molecule has 2 rings (SSSR count). The molecule has 1 aromatic rings. The molecule has 2 atom stereocenters. The molecule has 0 bridgehead atoms. The Balaban J connectivity index is 2.06. The average molecular weight is 228 g/mol. The van der Waals surface area contributed by atoms with Gasteiger partial charge < -0.3 is 0 Å². The van der Waals surface area contributed by atoms with E-state index in [1.165, 1.54) is 24.9 Å². The van der Waals surface area contributed by atoms with Crippen LogP contribution in [0.4, 0.5) is 0 Å². The predicted molar refractivity (Wildman–Crippen MR) is 69.4 cm³/mol. The summed E-state index contributed by atoms with van der Waals surface area (Å²) in [4.78, 5) is 2.53. The molecule has 2 unspecified atom stereocenters. The smallest absolute Gasteiger partial charge is 0.0991 e. The van der Waals surface area contributed by atoms with Crippen molar-refractivity contribution in [3.63, 3.8) is 0 Å². The minimum Gasteiger partial charge on any atom is -0.296 e. The van der Waals surface area contributed by atoms with Crippen molar-refractivity contribution in [1.29, 1.82) is 5.26 Å². The minimum absolute atomic E-state index is 0.664. The van der Waals surface area contributed by atoms with Crippen LogP contribution in [0.1, 0.15) is 37.8 Å². The Hall–Kier alpha value is -1.33. The monoisotopic (exact) mass is 228 g/mol. The second kappa shape index (κ2) is 5.33. The largest absolute Gasteiger partial charge is 0.296 e. The molecule has 1 heterocycles. The lowest BCUT2D eigenvalue weighted by atomic mass is 9.94. The summed E-state index contributed by atoms with van der Waals surface area (Å²) >= 11 is 0. The van der Waals surface area contributed by atoms with Gasteiger partial charge in [-0.15, -0.1) is 0 Å². The van der Waals surface area contributed by atoms with Crippen molar-refractivity contribution in [2.75, 3.05) is 6.54 Å². The molecule has 0 N–H and O–H groups in total. The van der Waals surface area contributed by atoms with Gasteiger partial charge in [0.2, 0.25) is 0 Å². The van der Waals surface area contributed by atoms with Crippen LogP contribution in [0.5, 0.6) is 0 Å². The number of nitriles is 1. The summed E-state index contributed by atoms with van der Waals surface area (Å²) < 4.78 is 0. The number of piperidine rings is 1. The maximum atomic E-state index is 8.90. The van der Waals surface area contributed by atoms with Gasteiger partial charge >= 0.3 is 0 Å². The van der Waals surface area contributed by atoms with Crippen LogP contribution in [0.15, 0.2) is 24.3 Å². The Morgan fingerprint density at radius 2 is 2.18 bits per heavy atom. The van der Waals surface area contributed by atoms with Gasteiger partial charge in [0.1, 0.15) is 0 Å². The second-order valence-electron chi connectivity index (χ2n) is 5.27. The molecule has 0 radical (unpaired) electrons. The van der Waals surface area contributed by atoms with Crippen LogP contribution >= 0.6 is 0 Å². The van der Waals surface area contributed by atoms with Crippen molar-refractivity contribution in [2.24, 2.45) is 5.92 Å². The molecule has 1 saturated heterocycles. The van der Waals surface area contributed by atoms with Crippen LogP contribution in [0.25, 0.3) is 0 Å². The van der Waals surface area contributed by atoms with Crippen LogP contribution in [0.3, 0.4) is 0 Å². The van der Waals surface area contributed by atoms with Gasteiger partial charge in [-0.3, -0.25) is 4.90 Å². The van der Waals surface area contributed by atoms with E-state index in [2.05, 4.69) is 30.9 Å². The van der Waals surface area contributed by atoms with Crippen molar-refractivity contribution in [3.05, 3.63) is 35.4 Å². The quantitative estimate of drug-likeness (QED) is 0.777. The molecule has 1 aliphatic heterocycles. The Morgan fingerprint density at radius 1 is 1.35 bits per heavy atom. The topological polar surface area (TPSA) is 27.0 Å². The number of likely N-dealkylation sites (tertiary alicyclic amines) is 1. The van der Waals surface area contributed by atoms with Crippen molar-refractivity contribution >= 4 is 0 Å². The molecule has 90 valence electrons. The van der Waals surface area contributed by atoms with Crippen LogP contribution in [0, 0.1) is 17.2 Å². The molecule has 0 spiro atoms. The van der Waals surface area contributed by atoms with E-state index in [9.17, 15) is 0 Å². The SMILES string of the molecule is CC1CCC(C)N(Cc2cccc(C#N)c2)C1. The number of hydrogen-bond donors (Lipinski definition) is 0. The normalized spacial score (nSPS) is 25.5. The molecule has 1 aromatic carbocycles. The molecule has 0 amide bonds. The first-order chi connectivity index (χ1) is 8.19. The van der Waals surface area contributed by atoms with E-state index >= 15 is 0 Å². The zero-order valence-electron chi connectivity index (χ0n) is 10.7. The van der Waals surface area contributed by atoms with Crippen LogP contribution in [-0.4, -0.2) is 17.5 Å². The fraction of sp³-hybridized carbons (Fsp3) is 0.533. The summed E-state index contributed by atoms with van der Waals surface area (Å²) in [5.41, 5.74) is 2.02. The molecule has 17 heavy (non-hydrogen) atoms. The van der Waals surface area contributed by atoms with Gasteiger partial charge in [0.05, 0.1) is 11.6 Å². The van der Waals surface area contributed by atoms with Gasteiger partial charge in [0.25, 0.3) is 0 Å². The van der Waals surface area contributed by atoms with Crippen molar-refractivity contribution in [1.82, 2.24) is 4.90 Å². The Kier molecular flexibility index (Phi) is 3.81. The molecule has 2 nitrogen and oxygen atoms in total. The summed E-state index contributed by atoms with van der Waals surface area (Å²) in [5.74, 6) is 0.797. The van der Waals surface area contributed by atoms with Crippen LogP contribution in [-0.2, 0) is 6.54 Å². The highest BCUT2D eigenvalue weighted by molar-refractivity contribution is 5.32. The highest BCUT2D eigenvalue weighted by atomic mass is 15.2. The molecular formula is C15H20N2. The molecule has 0 aromatic heterocycles.